The number of imidazole rings is 1. The number of aromatic nitrogens is 4. The first kappa shape index (κ1) is 20.5. The third kappa shape index (κ3) is 4.86. The van der Waals surface area contributed by atoms with Gasteiger partial charge >= 0.3 is 11.7 Å². The molecule has 4 rings (SSSR count). The van der Waals surface area contributed by atoms with Crippen LogP contribution in [0.25, 0.3) is 11.2 Å². The fourth-order valence-electron chi connectivity index (χ4n) is 3.64. The van der Waals surface area contributed by atoms with Crippen molar-refractivity contribution >= 4 is 11.2 Å². The van der Waals surface area contributed by atoms with Crippen LogP contribution in [0.1, 0.15) is 11.1 Å². The molecule has 0 spiro atoms. The maximum Gasteiger partial charge on any atom is 0.328 e. The summed E-state index contributed by atoms with van der Waals surface area (Å²) < 4.78 is 12.1. The Hall–Kier alpha value is -2.75. The van der Waals surface area contributed by atoms with E-state index in [9.17, 15) is 4.79 Å². The lowest BCUT2D eigenvalue weighted by molar-refractivity contribution is 0.141. The molecule has 1 aliphatic heterocycles. The summed E-state index contributed by atoms with van der Waals surface area (Å²) in [5, 5.41) is 0. The molecule has 0 bridgehead atoms. The minimum atomic E-state index is -0.210. The van der Waals surface area contributed by atoms with Crippen molar-refractivity contribution in [3.05, 3.63) is 52.1 Å². The monoisotopic (exact) mass is 412 g/mol. The molecular formula is C21H28N6O3. The molecule has 1 saturated heterocycles. The minimum absolute atomic E-state index is 0.210. The van der Waals surface area contributed by atoms with Gasteiger partial charge < -0.3 is 19.4 Å². The van der Waals surface area contributed by atoms with Crippen LogP contribution in [-0.4, -0.2) is 82.9 Å². The van der Waals surface area contributed by atoms with E-state index in [2.05, 4.69) is 50.0 Å². The van der Waals surface area contributed by atoms with Crippen molar-refractivity contribution in [1.82, 2.24) is 29.3 Å². The molecule has 0 unspecified atom stereocenters. The Morgan fingerprint density at radius 3 is 2.63 bits per heavy atom. The molecule has 0 atom stereocenters. The fraction of sp³-hybridized carbons (Fsp3) is 0.476. The highest BCUT2D eigenvalue weighted by Gasteiger charge is 2.15. The third-order valence-electron chi connectivity index (χ3n) is 5.34. The molecule has 2 aromatic heterocycles. The molecule has 9 nitrogen and oxygen atoms in total. The van der Waals surface area contributed by atoms with Gasteiger partial charge in [-0.05, 0) is 18.2 Å². The summed E-state index contributed by atoms with van der Waals surface area (Å²) in [4.78, 5) is 28.7. The van der Waals surface area contributed by atoms with E-state index in [1.807, 2.05) is 6.07 Å². The van der Waals surface area contributed by atoms with E-state index < -0.39 is 0 Å². The summed E-state index contributed by atoms with van der Waals surface area (Å²) in [5.74, 6) is 0. The summed E-state index contributed by atoms with van der Waals surface area (Å²) in [6.45, 7) is 6.50. The maximum absolute atomic E-state index is 12.5. The van der Waals surface area contributed by atoms with Crippen molar-refractivity contribution in [2.24, 2.45) is 0 Å². The number of methoxy groups -OCH3 is 1. The summed E-state index contributed by atoms with van der Waals surface area (Å²) in [7, 11) is 3.77. The van der Waals surface area contributed by atoms with Crippen LogP contribution in [0.15, 0.2) is 35.3 Å². The van der Waals surface area contributed by atoms with Gasteiger partial charge in [0.1, 0.15) is 12.1 Å². The van der Waals surface area contributed by atoms with Crippen molar-refractivity contribution in [3.63, 3.8) is 0 Å². The molecule has 0 saturated carbocycles. The van der Waals surface area contributed by atoms with Crippen molar-refractivity contribution in [3.8, 4) is 6.01 Å². The second-order valence-electron chi connectivity index (χ2n) is 7.65. The number of ether oxygens (including phenoxy) is 2. The lowest BCUT2D eigenvalue weighted by atomic mass is 10.1. The van der Waals surface area contributed by atoms with Crippen molar-refractivity contribution < 1.29 is 9.47 Å². The van der Waals surface area contributed by atoms with Gasteiger partial charge in [-0.15, -0.1) is 0 Å². The van der Waals surface area contributed by atoms with Gasteiger partial charge in [0.25, 0.3) is 0 Å². The SMILES string of the molecule is COCCOc1ncc2[nH]c(=O)n(Cc3cccc(CN4CCN(C)CC4)c3)c2n1. The molecule has 1 fully saturated rings. The lowest BCUT2D eigenvalue weighted by Crippen LogP contribution is -2.43. The van der Waals surface area contributed by atoms with Gasteiger partial charge in [-0.1, -0.05) is 24.3 Å². The zero-order valence-electron chi connectivity index (χ0n) is 17.5. The number of rotatable bonds is 8. The zero-order valence-corrected chi connectivity index (χ0v) is 17.5. The van der Waals surface area contributed by atoms with Gasteiger partial charge in [-0.3, -0.25) is 9.47 Å². The summed E-state index contributed by atoms with van der Waals surface area (Å²) in [6, 6.07) is 8.63. The van der Waals surface area contributed by atoms with Crippen LogP contribution in [0, 0.1) is 0 Å². The third-order valence-corrected chi connectivity index (χ3v) is 5.34. The van der Waals surface area contributed by atoms with E-state index in [1.165, 1.54) is 5.56 Å². The number of nitrogens with one attached hydrogen (secondary N) is 1. The van der Waals surface area contributed by atoms with Gasteiger partial charge in [-0.25, -0.2) is 9.78 Å². The number of fused-ring (bicyclic) bond motifs is 1. The Balaban J connectivity index is 1.51. The first-order valence-corrected chi connectivity index (χ1v) is 10.2. The van der Waals surface area contributed by atoms with Crippen LogP contribution in [0.2, 0.25) is 0 Å². The number of aromatic amines is 1. The molecule has 30 heavy (non-hydrogen) atoms. The topological polar surface area (TPSA) is 88.5 Å². The van der Waals surface area contributed by atoms with E-state index >= 15 is 0 Å². The summed E-state index contributed by atoms with van der Waals surface area (Å²) >= 11 is 0. The molecule has 3 aromatic rings. The van der Waals surface area contributed by atoms with E-state index in [-0.39, 0.29) is 11.7 Å². The van der Waals surface area contributed by atoms with E-state index in [0.29, 0.717) is 30.9 Å². The van der Waals surface area contributed by atoms with Crippen molar-refractivity contribution in [2.45, 2.75) is 13.1 Å². The standard InChI is InChI=1S/C21H28N6O3/c1-25-6-8-26(9-7-25)14-16-4-3-5-17(12-16)15-27-19-18(23-21(27)28)13-22-20(24-19)30-11-10-29-2/h3-5,12-13H,6-11,14-15H2,1-2H3,(H,23,28). The zero-order chi connectivity index (χ0) is 20.9. The van der Waals surface area contributed by atoms with Crippen LogP contribution in [-0.2, 0) is 17.8 Å². The lowest BCUT2D eigenvalue weighted by Gasteiger charge is -2.32. The number of benzene rings is 1. The van der Waals surface area contributed by atoms with E-state index in [4.69, 9.17) is 9.47 Å². The number of piperazine rings is 1. The van der Waals surface area contributed by atoms with Gasteiger partial charge in [0.15, 0.2) is 5.65 Å². The van der Waals surface area contributed by atoms with Crippen molar-refractivity contribution in [2.75, 3.05) is 53.6 Å². The number of likely N-dealkylation sites (N-methyl/N-ethyl adjacent to an activating group) is 1. The molecule has 1 aromatic carbocycles. The Morgan fingerprint density at radius 2 is 1.87 bits per heavy atom. The van der Waals surface area contributed by atoms with Gasteiger partial charge in [0, 0.05) is 39.8 Å². The largest absolute Gasteiger partial charge is 0.461 e. The molecule has 0 aliphatic carbocycles. The highest BCUT2D eigenvalue weighted by atomic mass is 16.5. The summed E-state index contributed by atoms with van der Waals surface area (Å²) in [6.07, 6.45) is 1.58. The first-order chi connectivity index (χ1) is 14.6. The first-order valence-electron chi connectivity index (χ1n) is 10.2. The molecule has 160 valence electrons. The number of nitrogens with zero attached hydrogens (tertiary/aromatic N) is 5. The molecule has 0 radical (unpaired) electrons. The number of hydrogen-bond donors (Lipinski definition) is 1. The fourth-order valence-corrected chi connectivity index (χ4v) is 3.64. The summed E-state index contributed by atoms with van der Waals surface area (Å²) in [5.41, 5.74) is 3.23. The normalized spacial score (nSPS) is 15.7. The average Bonchev–Trinajstić information content (AvgIpc) is 3.05. The van der Waals surface area contributed by atoms with E-state index in [0.717, 1.165) is 38.3 Å². The van der Waals surface area contributed by atoms with Crippen molar-refractivity contribution in [1.29, 1.82) is 0 Å². The second-order valence-corrected chi connectivity index (χ2v) is 7.65. The molecule has 1 aliphatic rings. The Kier molecular flexibility index (Phi) is 6.41. The van der Waals surface area contributed by atoms with Crippen LogP contribution >= 0.6 is 0 Å². The quantitative estimate of drug-likeness (QED) is 0.551. The second kappa shape index (κ2) is 9.38. The number of H-pyrrole nitrogens is 1. The van der Waals surface area contributed by atoms with Crippen LogP contribution < -0.4 is 10.4 Å². The van der Waals surface area contributed by atoms with E-state index in [1.54, 1.807) is 17.9 Å². The van der Waals surface area contributed by atoms with Crippen LogP contribution in [0.3, 0.4) is 0 Å². The van der Waals surface area contributed by atoms with Gasteiger partial charge in [-0.2, -0.15) is 4.98 Å². The smallest absolute Gasteiger partial charge is 0.328 e. The molecule has 0 amide bonds. The average molecular weight is 412 g/mol. The number of hydrogen-bond acceptors (Lipinski definition) is 7. The highest BCUT2D eigenvalue weighted by Crippen LogP contribution is 2.15. The Labute approximate surface area is 175 Å². The van der Waals surface area contributed by atoms with Crippen LogP contribution in [0.5, 0.6) is 6.01 Å². The predicted molar refractivity (Wildman–Crippen MR) is 114 cm³/mol. The predicted octanol–water partition coefficient (Wildman–Crippen LogP) is 0.941. The molecular weight excluding hydrogens is 384 g/mol. The highest BCUT2D eigenvalue weighted by molar-refractivity contribution is 5.69. The van der Waals surface area contributed by atoms with Crippen LogP contribution in [0.4, 0.5) is 0 Å². The maximum atomic E-state index is 12.5. The Bertz CT molecular complexity index is 1040. The molecule has 1 N–H and O–H groups in total. The molecule has 9 heteroatoms. The van der Waals surface area contributed by atoms with Gasteiger partial charge in [0.2, 0.25) is 0 Å². The van der Waals surface area contributed by atoms with Gasteiger partial charge in [0.05, 0.1) is 19.3 Å². The minimum Gasteiger partial charge on any atom is -0.461 e. The Morgan fingerprint density at radius 1 is 1.10 bits per heavy atom. The molecule has 3 heterocycles.